The van der Waals surface area contributed by atoms with Gasteiger partial charge in [-0.1, -0.05) is 26.3 Å². The molecule has 2 aromatic rings. The number of benzene rings is 1. The fourth-order valence-corrected chi connectivity index (χ4v) is 5.34. The van der Waals surface area contributed by atoms with Crippen molar-refractivity contribution >= 4 is 16.9 Å². The Balaban J connectivity index is 1.43. The predicted octanol–water partition coefficient (Wildman–Crippen LogP) is 5.83. The van der Waals surface area contributed by atoms with Crippen LogP contribution < -0.4 is 4.74 Å². The fourth-order valence-electron chi connectivity index (χ4n) is 5.34. The minimum Gasteiger partial charge on any atom is -0.490 e. The van der Waals surface area contributed by atoms with Crippen molar-refractivity contribution < 1.29 is 14.6 Å². The topological polar surface area (TPSA) is 62.7 Å². The van der Waals surface area contributed by atoms with Crippen molar-refractivity contribution in [2.45, 2.75) is 77.4 Å². The van der Waals surface area contributed by atoms with Gasteiger partial charge in [-0.15, -0.1) is 0 Å². The number of rotatable bonds is 7. The summed E-state index contributed by atoms with van der Waals surface area (Å²) in [6, 6.07) is 10.8. The van der Waals surface area contributed by atoms with Crippen LogP contribution in [0, 0.1) is 11.8 Å². The normalized spacial score (nSPS) is 24.2. The average Bonchev–Trinajstić information content (AvgIpc) is 2.80. The molecule has 1 N–H and O–H groups in total. The number of carboxylic acids is 1. The van der Waals surface area contributed by atoms with Gasteiger partial charge in [0.2, 0.25) is 0 Å². The summed E-state index contributed by atoms with van der Waals surface area (Å²) < 4.78 is 6.30. The molecule has 2 fully saturated rings. The number of carbonyl (C=O) groups is 1. The summed E-state index contributed by atoms with van der Waals surface area (Å²) in [5.41, 5.74) is 2.08. The molecule has 2 heterocycles. The molecule has 1 saturated heterocycles. The van der Waals surface area contributed by atoms with Gasteiger partial charge in [0.1, 0.15) is 5.75 Å². The molecule has 0 spiro atoms. The lowest BCUT2D eigenvalue weighted by atomic mass is 9.86. The Morgan fingerprint density at radius 3 is 2.48 bits per heavy atom. The van der Waals surface area contributed by atoms with Crippen LogP contribution in [-0.4, -0.2) is 40.2 Å². The van der Waals surface area contributed by atoms with E-state index in [0.29, 0.717) is 6.10 Å². The van der Waals surface area contributed by atoms with Crippen LogP contribution in [0.5, 0.6) is 5.75 Å². The molecule has 31 heavy (non-hydrogen) atoms. The van der Waals surface area contributed by atoms with Gasteiger partial charge in [-0.25, -0.2) is 0 Å². The first kappa shape index (κ1) is 22.1. The number of hydrogen-bond donors (Lipinski definition) is 1. The van der Waals surface area contributed by atoms with Crippen molar-refractivity contribution in [2.75, 3.05) is 13.1 Å². The number of aliphatic carboxylic acids is 1. The SMILES string of the molecule is CCC1CCC(Oc2ccc3nc(C(CC)N4CCC(C(=O)O)CC4)ccc3c2)CC1. The number of fused-ring (bicyclic) bond motifs is 1. The van der Waals surface area contributed by atoms with E-state index in [0.717, 1.165) is 73.5 Å². The number of aromatic nitrogens is 1. The van der Waals surface area contributed by atoms with Gasteiger partial charge in [0.05, 0.1) is 29.3 Å². The standard InChI is InChI=1S/C26H36N2O3/c1-3-18-5-8-21(9-6-18)31-22-10-12-23-20(17-22)7-11-24(27-23)25(4-2)28-15-13-19(14-16-28)26(29)30/h7,10-12,17-19,21,25H,3-6,8-9,13-16H2,1-2H3,(H,29,30). The number of carboxylic acid groups (broad SMARTS) is 1. The second-order valence-corrected chi connectivity index (χ2v) is 9.33. The monoisotopic (exact) mass is 424 g/mol. The minimum atomic E-state index is -0.659. The first-order valence-electron chi connectivity index (χ1n) is 12.1. The molecule has 1 aromatic carbocycles. The van der Waals surface area contributed by atoms with Gasteiger partial charge in [-0.3, -0.25) is 14.7 Å². The van der Waals surface area contributed by atoms with Gasteiger partial charge in [-0.05, 0) is 88.2 Å². The Morgan fingerprint density at radius 2 is 1.84 bits per heavy atom. The molecule has 5 heteroatoms. The zero-order valence-corrected chi connectivity index (χ0v) is 18.9. The van der Waals surface area contributed by atoms with Crippen molar-refractivity contribution in [3.8, 4) is 5.75 Å². The molecule has 2 aliphatic rings. The third-order valence-corrected chi connectivity index (χ3v) is 7.40. The van der Waals surface area contributed by atoms with Crippen LogP contribution in [-0.2, 0) is 4.79 Å². The zero-order chi connectivity index (χ0) is 21.8. The Labute approximate surface area is 185 Å². The van der Waals surface area contributed by atoms with Crippen molar-refractivity contribution in [3.63, 3.8) is 0 Å². The maximum Gasteiger partial charge on any atom is 0.306 e. The molecular formula is C26H36N2O3. The molecule has 0 amide bonds. The van der Waals surface area contributed by atoms with Crippen LogP contribution in [0.15, 0.2) is 30.3 Å². The second kappa shape index (κ2) is 9.99. The smallest absolute Gasteiger partial charge is 0.306 e. The Hall–Kier alpha value is -2.14. The van der Waals surface area contributed by atoms with E-state index in [1.807, 2.05) is 0 Å². The summed E-state index contributed by atoms with van der Waals surface area (Å²) in [5, 5.41) is 10.4. The number of ether oxygens (including phenoxy) is 1. The van der Waals surface area contributed by atoms with E-state index in [1.54, 1.807) is 0 Å². The molecular weight excluding hydrogens is 388 g/mol. The molecule has 5 nitrogen and oxygen atoms in total. The van der Waals surface area contributed by atoms with Crippen molar-refractivity contribution in [2.24, 2.45) is 11.8 Å². The quantitative estimate of drug-likeness (QED) is 0.606. The number of piperidine rings is 1. The molecule has 4 rings (SSSR count). The lowest BCUT2D eigenvalue weighted by Gasteiger charge is -2.35. The predicted molar refractivity (Wildman–Crippen MR) is 123 cm³/mol. The van der Waals surface area contributed by atoms with E-state index in [-0.39, 0.29) is 12.0 Å². The summed E-state index contributed by atoms with van der Waals surface area (Å²) in [4.78, 5) is 18.6. The maximum atomic E-state index is 11.3. The molecule has 168 valence electrons. The first-order valence-corrected chi connectivity index (χ1v) is 12.1. The highest BCUT2D eigenvalue weighted by Crippen LogP contribution is 2.32. The van der Waals surface area contributed by atoms with Crippen molar-refractivity contribution in [3.05, 3.63) is 36.0 Å². The van der Waals surface area contributed by atoms with E-state index in [2.05, 4.69) is 49.1 Å². The van der Waals surface area contributed by atoms with E-state index in [4.69, 9.17) is 9.72 Å². The van der Waals surface area contributed by atoms with Crippen molar-refractivity contribution in [1.82, 2.24) is 9.88 Å². The summed E-state index contributed by atoms with van der Waals surface area (Å²) in [7, 11) is 0. The second-order valence-electron chi connectivity index (χ2n) is 9.33. The van der Waals surface area contributed by atoms with Crippen LogP contribution >= 0.6 is 0 Å². The lowest BCUT2D eigenvalue weighted by molar-refractivity contribution is -0.143. The van der Waals surface area contributed by atoms with Gasteiger partial charge in [0.15, 0.2) is 0 Å². The van der Waals surface area contributed by atoms with Gasteiger partial charge in [0, 0.05) is 5.39 Å². The third-order valence-electron chi connectivity index (χ3n) is 7.40. The van der Waals surface area contributed by atoms with Gasteiger partial charge in [-0.2, -0.15) is 0 Å². The largest absolute Gasteiger partial charge is 0.490 e. The lowest BCUT2D eigenvalue weighted by Crippen LogP contribution is -2.38. The maximum absolute atomic E-state index is 11.3. The van der Waals surface area contributed by atoms with Crippen molar-refractivity contribution in [1.29, 1.82) is 0 Å². The van der Waals surface area contributed by atoms with Crippen LogP contribution in [0.2, 0.25) is 0 Å². The minimum absolute atomic E-state index is 0.200. The number of nitrogens with zero attached hydrogens (tertiary/aromatic N) is 2. The van der Waals surface area contributed by atoms with Crippen LogP contribution in [0.3, 0.4) is 0 Å². The van der Waals surface area contributed by atoms with E-state index >= 15 is 0 Å². The molecule has 1 atom stereocenters. The Bertz CT molecular complexity index is 883. The molecule has 0 radical (unpaired) electrons. The fraction of sp³-hybridized carbons (Fsp3) is 0.615. The first-order chi connectivity index (χ1) is 15.1. The van der Waals surface area contributed by atoms with Crippen LogP contribution in [0.25, 0.3) is 10.9 Å². The zero-order valence-electron chi connectivity index (χ0n) is 18.9. The number of likely N-dealkylation sites (tertiary alicyclic amines) is 1. The Kier molecular flexibility index (Phi) is 7.11. The number of pyridine rings is 1. The van der Waals surface area contributed by atoms with Crippen LogP contribution in [0.4, 0.5) is 0 Å². The average molecular weight is 425 g/mol. The third kappa shape index (κ3) is 5.20. The van der Waals surface area contributed by atoms with Crippen LogP contribution in [0.1, 0.15) is 76.9 Å². The molecule has 1 aliphatic carbocycles. The van der Waals surface area contributed by atoms with E-state index < -0.39 is 5.97 Å². The van der Waals surface area contributed by atoms with Gasteiger partial charge >= 0.3 is 5.97 Å². The summed E-state index contributed by atoms with van der Waals surface area (Å²) in [6.07, 6.45) is 8.91. The molecule has 1 saturated carbocycles. The summed E-state index contributed by atoms with van der Waals surface area (Å²) in [5.74, 6) is 0.965. The van der Waals surface area contributed by atoms with Gasteiger partial charge in [0.25, 0.3) is 0 Å². The molecule has 0 bridgehead atoms. The highest BCUT2D eigenvalue weighted by Gasteiger charge is 2.29. The number of hydrogen-bond acceptors (Lipinski definition) is 4. The highest BCUT2D eigenvalue weighted by molar-refractivity contribution is 5.80. The molecule has 1 aliphatic heterocycles. The summed E-state index contributed by atoms with van der Waals surface area (Å²) in [6.45, 7) is 6.12. The van der Waals surface area contributed by atoms with E-state index in [9.17, 15) is 9.90 Å². The Morgan fingerprint density at radius 1 is 1.10 bits per heavy atom. The van der Waals surface area contributed by atoms with E-state index in [1.165, 1.54) is 19.3 Å². The van der Waals surface area contributed by atoms with Gasteiger partial charge < -0.3 is 9.84 Å². The highest BCUT2D eigenvalue weighted by atomic mass is 16.5. The molecule has 1 aromatic heterocycles. The molecule has 1 unspecified atom stereocenters. The summed E-state index contributed by atoms with van der Waals surface area (Å²) >= 11 is 0.